The number of thiophene rings is 1. The molecule has 6 nitrogen and oxygen atoms in total. The van der Waals surface area contributed by atoms with Gasteiger partial charge in [-0.05, 0) is 24.6 Å². The normalized spacial score (nSPS) is 10.5. The number of aryl methyl sites for hydroxylation is 1. The number of carbonyl (C=O) groups excluding carboxylic acids is 1. The summed E-state index contributed by atoms with van der Waals surface area (Å²) in [6, 6.07) is 10.6. The van der Waals surface area contributed by atoms with Crippen molar-refractivity contribution in [1.29, 1.82) is 5.26 Å². The third-order valence-corrected chi connectivity index (χ3v) is 4.74. The molecule has 0 saturated heterocycles. The highest BCUT2D eigenvalue weighted by Gasteiger charge is 2.12. The molecule has 0 fully saturated rings. The molecule has 2 heterocycles. The van der Waals surface area contributed by atoms with Crippen LogP contribution < -0.4 is 10.9 Å². The van der Waals surface area contributed by atoms with Crippen molar-refractivity contribution in [3.63, 3.8) is 0 Å². The number of carbonyl (C=O) groups is 1. The van der Waals surface area contributed by atoms with Gasteiger partial charge in [-0.15, -0.1) is 11.3 Å². The van der Waals surface area contributed by atoms with Crippen molar-refractivity contribution in [2.75, 3.05) is 5.32 Å². The van der Waals surface area contributed by atoms with Crippen LogP contribution in [-0.2, 0) is 17.8 Å². The first-order chi connectivity index (χ1) is 11.6. The van der Waals surface area contributed by atoms with Crippen molar-refractivity contribution < 1.29 is 4.79 Å². The maximum Gasteiger partial charge on any atom is 0.262 e. The summed E-state index contributed by atoms with van der Waals surface area (Å²) in [6.45, 7) is 1.86. The lowest BCUT2D eigenvalue weighted by atomic mass is 10.2. The number of benzene rings is 1. The molecule has 3 aromatic rings. The van der Waals surface area contributed by atoms with Gasteiger partial charge in [0.2, 0.25) is 5.91 Å². The van der Waals surface area contributed by atoms with Gasteiger partial charge in [0.05, 0.1) is 23.0 Å². The van der Waals surface area contributed by atoms with Gasteiger partial charge in [0.15, 0.2) is 0 Å². The standard InChI is InChI=1S/C17H14N4O2S/c1-2-12-7-13-16(24-12)19-10-21(17(13)23)9-15(22)20-14-6-4-3-5-11(14)8-18/h3-7,10H,2,9H2,1H3,(H,20,22). The van der Waals surface area contributed by atoms with Gasteiger partial charge in [-0.25, -0.2) is 4.98 Å². The fourth-order valence-electron chi connectivity index (χ4n) is 2.33. The second kappa shape index (κ2) is 6.64. The number of amides is 1. The van der Waals surface area contributed by atoms with Crippen molar-refractivity contribution in [3.05, 3.63) is 57.5 Å². The lowest BCUT2D eigenvalue weighted by molar-refractivity contribution is -0.116. The largest absolute Gasteiger partial charge is 0.323 e. The Balaban J connectivity index is 1.84. The number of rotatable bonds is 4. The molecule has 0 aliphatic carbocycles. The van der Waals surface area contributed by atoms with E-state index in [1.54, 1.807) is 24.3 Å². The molecule has 0 atom stereocenters. The van der Waals surface area contributed by atoms with Crippen LogP contribution in [0.5, 0.6) is 0 Å². The highest BCUT2D eigenvalue weighted by atomic mass is 32.1. The van der Waals surface area contributed by atoms with Gasteiger partial charge < -0.3 is 5.32 Å². The zero-order valence-electron chi connectivity index (χ0n) is 12.9. The summed E-state index contributed by atoms with van der Waals surface area (Å²) in [7, 11) is 0. The summed E-state index contributed by atoms with van der Waals surface area (Å²) < 4.78 is 1.28. The molecule has 7 heteroatoms. The lowest BCUT2D eigenvalue weighted by Gasteiger charge is -2.08. The summed E-state index contributed by atoms with van der Waals surface area (Å²) >= 11 is 1.49. The molecule has 0 aliphatic heterocycles. The van der Waals surface area contributed by atoms with E-state index in [-0.39, 0.29) is 18.0 Å². The van der Waals surface area contributed by atoms with Crippen LogP contribution in [0.4, 0.5) is 5.69 Å². The van der Waals surface area contributed by atoms with Gasteiger partial charge in [-0.1, -0.05) is 19.1 Å². The predicted molar refractivity (Wildman–Crippen MR) is 93.0 cm³/mol. The van der Waals surface area contributed by atoms with Crippen LogP contribution in [0.2, 0.25) is 0 Å². The van der Waals surface area contributed by atoms with Crippen LogP contribution in [-0.4, -0.2) is 15.5 Å². The summed E-state index contributed by atoms with van der Waals surface area (Å²) in [5.41, 5.74) is 0.563. The van der Waals surface area contributed by atoms with Crippen LogP contribution >= 0.6 is 11.3 Å². The van der Waals surface area contributed by atoms with E-state index in [1.165, 1.54) is 22.2 Å². The number of hydrogen-bond acceptors (Lipinski definition) is 5. The van der Waals surface area contributed by atoms with E-state index >= 15 is 0 Å². The maximum atomic E-state index is 12.5. The number of nitrogens with zero attached hydrogens (tertiary/aromatic N) is 3. The number of anilines is 1. The first kappa shape index (κ1) is 15.9. The Hall–Kier alpha value is -2.98. The first-order valence-corrected chi connectivity index (χ1v) is 8.21. The van der Waals surface area contributed by atoms with Crippen molar-refractivity contribution in [2.45, 2.75) is 19.9 Å². The Kier molecular flexibility index (Phi) is 4.40. The molecule has 0 unspecified atom stereocenters. The number of fused-ring (bicyclic) bond motifs is 1. The quantitative estimate of drug-likeness (QED) is 0.792. The van der Waals surface area contributed by atoms with E-state index in [9.17, 15) is 9.59 Å². The smallest absolute Gasteiger partial charge is 0.262 e. The number of nitrogens with one attached hydrogen (secondary N) is 1. The van der Waals surface area contributed by atoms with E-state index in [1.807, 2.05) is 19.1 Å². The highest BCUT2D eigenvalue weighted by molar-refractivity contribution is 7.18. The summed E-state index contributed by atoms with van der Waals surface area (Å²) in [6.07, 6.45) is 2.22. The minimum atomic E-state index is -0.383. The molecular formula is C17H14N4O2S. The Morgan fingerprint density at radius 3 is 2.96 bits per heavy atom. The molecule has 2 aromatic heterocycles. The SMILES string of the molecule is CCc1cc2c(=O)n(CC(=O)Nc3ccccc3C#N)cnc2s1. The molecular weight excluding hydrogens is 324 g/mol. The van der Waals surface area contributed by atoms with Gasteiger partial charge in [0.25, 0.3) is 5.56 Å². The highest BCUT2D eigenvalue weighted by Crippen LogP contribution is 2.21. The molecule has 1 N–H and O–H groups in total. The fourth-order valence-corrected chi connectivity index (χ4v) is 3.26. The number of nitriles is 1. The summed E-state index contributed by atoms with van der Waals surface area (Å²) in [5.74, 6) is -0.383. The van der Waals surface area contributed by atoms with Gasteiger partial charge in [0, 0.05) is 4.88 Å². The van der Waals surface area contributed by atoms with Crippen LogP contribution in [0.3, 0.4) is 0 Å². The lowest BCUT2D eigenvalue weighted by Crippen LogP contribution is -2.27. The topological polar surface area (TPSA) is 87.8 Å². The molecule has 0 saturated carbocycles. The van der Waals surface area contributed by atoms with Crippen LogP contribution in [0.25, 0.3) is 10.2 Å². The second-order valence-electron chi connectivity index (χ2n) is 5.17. The molecule has 1 amide bonds. The van der Waals surface area contributed by atoms with Crippen molar-refractivity contribution in [3.8, 4) is 6.07 Å². The second-order valence-corrected chi connectivity index (χ2v) is 6.28. The van der Waals surface area contributed by atoms with E-state index in [2.05, 4.69) is 10.3 Å². The van der Waals surface area contributed by atoms with Gasteiger partial charge >= 0.3 is 0 Å². The first-order valence-electron chi connectivity index (χ1n) is 7.39. The van der Waals surface area contributed by atoms with Gasteiger partial charge in [-0.2, -0.15) is 5.26 Å². The molecule has 120 valence electrons. The molecule has 1 aromatic carbocycles. The van der Waals surface area contributed by atoms with Gasteiger partial charge in [-0.3, -0.25) is 14.2 Å². The molecule has 24 heavy (non-hydrogen) atoms. The third-order valence-electron chi connectivity index (χ3n) is 3.55. The molecule has 0 bridgehead atoms. The van der Waals surface area contributed by atoms with Crippen molar-refractivity contribution >= 4 is 33.1 Å². The molecule has 0 spiro atoms. The Labute approximate surface area is 142 Å². The minimum absolute atomic E-state index is 0.154. The van der Waals surface area contributed by atoms with Crippen molar-refractivity contribution in [2.24, 2.45) is 0 Å². The summed E-state index contributed by atoms with van der Waals surface area (Å²) in [4.78, 5) is 30.7. The van der Waals surface area contributed by atoms with Crippen LogP contribution in [0.1, 0.15) is 17.4 Å². The van der Waals surface area contributed by atoms with E-state index in [4.69, 9.17) is 5.26 Å². The van der Waals surface area contributed by atoms with Crippen molar-refractivity contribution in [1.82, 2.24) is 9.55 Å². The van der Waals surface area contributed by atoms with E-state index in [0.717, 1.165) is 11.3 Å². The average molecular weight is 338 g/mol. The Bertz CT molecular complexity index is 1010. The third kappa shape index (κ3) is 3.05. The number of aromatic nitrogens is 2. The molecule has 0 aliphatic rings. The maximum absolute atomic E-state index is 12.5. The fraction of sp³-hybridized carbons (Fsp3) is 0.176. The summed E-state index contributed by atoms with van der Waals surface area (Å²) in [5, 5.41) is 12.2. The minimum Gasteiger partial charge on any atom is -0.323 e. The monoisotopic (exact) mass is 338 g/mol. The molecule has 3 rings (SSSR count). The predicted octanol–water partition coefficient (Wildman–Crippen LogP) is 2.53. The average Bonchev–Trinajstić information content (AvgIpc) is 3.02. The molecule has 0 radical (unpaired) electrons. The van der Waals surface area contributed by atoms with Gasteiger partial charge in [0.1, 0.15) is 17.4 Å². The zero-order valence-corrected chi connectivity index (χ0v) is 13.8. The zero-order chi connectivity index (χ0) is 17.1. The number of hydrogen-bond donors (Lipinski definition) is 1. The number of para-hydroxylation sites is 1. The van der Waals surface area contributed by atoms with E-state index in [0.29, 0.717) is 21.5 Å². The van der Waals surface area contributed by atoms with Crippen LogP contribution in [0.15, 0.2) is 41.5 Å². The van der Waals surface area contributed by atoms with E-state index < -0.39 is 0 Å². The van der Waals surface area contributed by atoms with Crippen LogP contribution in [0, 0.1) is 11.3 Å². The Morgan fingerprint density at radius 2 is 2.21 bits per heavy atom. The Morgan fingerprint density at radius 1 is 1.42 bits per heavy atom.